The molecule has 3 saturated carbocycles. The van der Waals surface area contributed by atoms with Gasteiger partial charge < -0.3 is 0 Å². The van der Waals surface area contributed by atoms with E-state index in [1.54, 1.807) is 0 Å². The molecule has 1 heterocycles. The molecule has 0 aromatic heterocycles. The lowest BCUT2D eigenvalue weighted by Gasteiger charge is -2.37. The van der Waals surface area contributed by atoms with Gasteiger partial charge in [0.2, 0.25) is 5.91 Å². The average molecular weight is 425 g/mol. The number of benzene rings is 2. The van der Waals surface area contributed by atoms with E-state index in [2.05, 4.69) is 41.8 Å². The Balaban J connectivity index is 1.17. The molecule has 6 aliphatic rings. The summed E-state index contributed by atoms with van der Waals surface area (Å²) in [6, 6.07) is 20.1. The van der Waals surface area contributed by atoms with Gasteiger partial charge in [0.15, 0.2) is 0 Å². The standard InChI is InChI=1S/C27H24N2O3/c30-24(21-14-27(21,15-7-3-1-4-8-15)16-9-5-2-6-10-16)28-29-25(31)22-17-11-12-18(20-13-19(17)20)23(22)26(29)32/h1-12,17-23H,13-14H2,(H,28,30)/t17-,18-,19-,20+,21-,22-,23+/m0/s1. The molecule has 8 rings (SSSR count). The highest BCUT2D eigenvalue weighted by atomic mass is 16.2. The van der Waals surface area contributed by atoms with Crippen LogP contribution in [0.5, 0.6) is 0 Å². The molecule has 32 heavy (non-hydrogen) atoms. The van der Waals surface area contributed by atoms with Crippen molar-refractivity contribution in [1.82, 2.24) is 10.4 Å². The minimum absolute atomic E-state index is 0.155. The summed E-state index contributed by atoms with van der Waals surface area (Å²) in [4.78, 5) is 39.9. The van der Waals surface area contributed by atoms with Crippen LogP contribution in [-0.4, -0.2) is 22.7 Å². The molecular formula is C27H24N2O3. The highest BCUT2D eigenvalue weighted by Gasteiger charge is 2.68. The highest BCUT2D eigenvalue weighted by Crippen LogP contribution is 2.65. The van der Waals surface area contributed by atoms with Gasteiger partial charge in [0.05, 0.1) is 17.8 Å². The SMILES string of the molecule is O=C(NN1C(=O)[C@@H]2[C@H]3C=C[C@@H]([C@@H]4C[C@H]34)[C@@H]2C1=O)[C@@H]1CC1(c1ccccc1)c1ccccc1. The third-order valence-electron chi connectivity index (χ3n) is 8.74. The van der Waals surface area contributed by atoms with E-state index in [9.17, 15) is 14.4 Å². The number of amides is 3. The molecule has 5 heteroatoms. The van der Waals surface area contributed by atoms with Gasteiger partial charge in [-0.2, -0.15) is 5.01 Å². The van der Waals surface area contributed by atoms with Gasteiger partial charge >= 0.3 is 0 Å². The van der Waals surface area contributed by atoms with Gasteiger partial charge in [-0.05, 0) is 47.6 Å². The second kappa shape index (κ2) is 6.18. The van der Waals surface area contributed by atoms with Crippen LogP contribution in [0, 0.1) is 41.4 Å². The van der Waals surface area contributed by atoms with E-state index in [-0.39, 0.29) is 47.3 Å². The van der Waals surface area contributed by atoms with Crippen LogP contribution in [0.3, 0.4) is 0 Å². The van der Waals surface area contributed by atoms with Gasteiger partial charge in [-0.25, -0.2) is 0 Å². The quantitative estimate of drug-likeness (QED) is 0.606. The summed E-state index contributed by atoms with van der Waals surface area (Å²) in [6.07, 6.45) is 6.08. The number of hydrogen-bond donors (Lipinski definition) is 1. The third-order valence-corrected chi connectivity index (χ3v) is 8.74. The third kappa shape index (κ3) is 2.26. The second-order valence-corrected chi connectivity index (χ2v) is 10.1. The van der Waals surface area contributed by atoms with Gasteiger partial charge in [0.25, 0.3) is 11.8 Å². The lowest BCUT2D eigenvalue weighted by atomic mass is 9.63. The number of hydrogen-bond acceptors (Lipinski definition) is 3. The van der Waals surface area contributed by atoms with Crippen LogP contribution in [0.1, 0.15) is 24.0 Å². The molecular weight excluding hydrogens is 400 g/mol. The second-order valence-electron chi connectivity index (χ2n) is 10.1. The summed E-state index contributed by atoms with van der Waals surface area (Å²) < 4.78 is 0. The zero-order valence-electron chi connectivity index (χ0n) is 17.6. The Labute approximate surface area is 186 Å². The van der Waals surface area contributed by atoms with E-state index < -0.39 is 5.41 Å². The molecule has 7 atom stereocenters. The average Bonchev–Trinajstić information content (AvgIpc) is 3.75. The summed E-state index contributed by atoms with van der Waals surface area (Å²) >= 11 is 0. The summed E-state index contributed by atoms with van der Waals surface area (Å²) in [5.74, 6) is -0.196. The largest absolute Gasteiger partial charge is 0.273 e. The first kappa shape index (κ1) is 18.4. The first-order chi connectivity index (χ1) is 15.6. The topological polar surface area (TPSA) is 66.5 Å². The van der Waals surface area contributed by atoms with Crippen molar-refractivity contribution in [2.24, 2.45) is 41.4 Å². The predicted octanol–water partition coefficient (Wildman–Crippen LogP) is 3.08. The normalized spacial score (nSPS) is 37.1. The van der Waals surface area contributed by atoms with Gasteiger partial charge in [0, 0.05) is 5.41 Å². The van der Waals surface area contributed by atoms with Crippen LogP contribution in [-0.2, 0) is 19.8 Å². The molecule has 2 bridgehead atoms. The lowest BCUT2D eigenvalue weighted by molar-refractivity contribution is -0.149. The summed E-state index contributed by atoms with van der Waals surface area (Å²) in [7, 11) is 0. The van der Waals surface area contributed by atoms with Crippen LogP contribution < -0.4 is 5.43 Å². The Bertz CT molecular complexity index is 1100. The van der Waals surface area contributed by atoms with Crippen LogP contribution in [0.25, 0.3) is 0 Å². The molecule has 0 spiro atoms. The molecule has 1 aliphatic heterocycles. The molecule has 2 aromatic rings. The maximum absolute atomic E-state index is 13.4. The van der Waals surface area contributed by atoms with Gasteiger partial charge in [-0.3, -0.25) is 19.8 Å². The number of nitrogens with zero attached hydrogens (tertiary/aromatic N) is 1. The van der Waals surface area contributed by atoms with E-state index >= 15 is 0 Å². The molecule has 1 saturated heterocycles. The molecule has 160 valence electrons. The fourth-order valence-electron chi connectivity index (χ4n) is 7.11. The van der Waals surface area contributed by atoms with Crippen molar-refractivity contribution in [3.05, 3.63) is 83.9 Å². The number of imide groups is 1. The van der Waals surface area contributed by atoms with E-state index in [0.717, 1.165) is 22.6 Å². The van der Waals surface area contributed by atoms with Crippen molar-refractivity contribution in [2.45, 2.75) is 18.3 Å². The van der Waals surface area contributed by atoms with Crippen molar-refractivity contribution < 1.29 is 14.4 Å². The van der Waals surface area contributed by atoms with Crippen molar-refractivity contribution in [3.8, 4) is 0 Å². The molecule has 2 aromatic carbocycles. The molecule has 5 aliphatic carbocycles. The number of rotatable bonds is 4. The summed E-state index contributed by atoms with van der Waals surface area (Å²) in [6.45, 7) is 0. The van der Waals surface area contributed by atoms with Crippen molar-refractivity contribution in [2.75, 3.05) is 0 Å². The number of carbonyl (C=O) groups excluding carboxylic acids is 3. The molecule has 3 amide bonds. The zero-order chi connectivity index (χ0) is 21.6. The fourth-order valence-corrected chi connectivity index (χ4v) is 7.11. The molecule has 0 radical (unpaired) electrons. The molecule has 1 N–H and O–H groups in total. The monoisotopic (exact) mass is 424 g/mol. The number of nitrogens with one attached hydrogen (secondary N) is 1. The van der Waals surface area contributed by atoms with E-state index in [1.807, 2.05) is 36.4 Å². The fraction of sp³-hybridized carbons (Fsp3) is 0.370. The van der Waals surface area contributed by atoms with Crippen molar-refractivity contribution in [1.29, 1.82) is 0 Å². The Morgan fingerprint density at radius 1 is 0.812 bits per heavy atom. The van der Waals surface area contributed by atoms with E-state index in [4.69, 9.17) is 0 Å². The van der Waals surface area contributed by atoms with E-state index in [0.29, 0.717) is 18.3 Å². The summed E-state index contributed by atoms with van der Waals surface area (Å²) in [5, 5.41) is 1.06. The Morgan fingerprint density at radius 2 is 1.31 bits per heavy atom. The van der Waals surface area contributed by atoms with Crippen molar-refractivity contribution in [3.63, 3.8) is 0 Å². The molecule has 5 nitrogen and oxygen atoms in total. The predicted molar refractivity (Wildman–Crippen MR) is 116 cm³/mol. The minimum Gasteiger partial charge on any atom is -0.273 e. The smallest absolute Gasteiger partial charge is 0.252 e. The molecule has 4 fully saturated rings. The Morgan fingerprint density at radius 3 is 1.81 bits per heavy atom. The Hall–Kier alpha value is -3.21. The van der Waals surface area contributed by atoms with Crippen molar-refractivity contribution >= 4 is 17.7 Å². The van der Waals surface area contributed by atoms with Crippen LogP contribution in [0.15, 0.2) is 72.8 Å². The maximum Gasteiger partial charge on any atom is 0.252 e. The Kier molecular flexibility index (Phi) is 3.55. The first-order valence-electron chi connectivity index (χ1n) is 11.6. The summed E-state index contributed by atoms with van der Waals surface area (Å²) in [5.41, 5.74) is 4.50. The maximum atomic E-state index is 13.4. The zero-order valence-corrected chi connectivity index (χ0v) is 17.6. The van der Waals surface area contributed by atoms with Gasteiger partial charge in [-0.15, -0.1) is 0 Å². The number of hydrazine groups is 1. The van der Waals surface area contributed by atoms with Crippen LogP contribution in [0.4, 0.5) is 0 Å². The minimum atomic E-state index is -0.423. The molecule has 0 unspecified atom stereocenters. The number of carbonyl (C=O) groups is 3. The first-order valence-corrected chi connectivity index (χ1v) is 11.6. The van der Waals surface area contributed by atoms with Gasteiger partial charge in [-0.1, -0.05) is 72.8 Å². The number of allylic oxidation sites excluding steroid dienone is 2. The highest BCUT2D eigenvalue weighted by molar-refractivity contribution is 6.07. The van der Waals surface area contributed by atoms with Gasteiger partial charge in [0.1, 0.15) is 0 Å². The van der Waals surface area contributed by atoms with E-state index in [1.165, 1.54) is 0 Å². The van der Waals surface area contributed by atoms with Crippen LogP contribution >= 0.6 is 0 Å². The van der Waals surface area contributed by atoms with Crippen LogP contribution in [0.2, 0.25) is 0 Å². The lowest BCUT2D eigenvalue weighted by Crippen LogP contribution is -2.48.